The molecule has 0 aliphatic heterocycles. The van der Waals surface area contributed by atoms with Crippen molar-refractivity contribution in [2.24, 2.45) is 0 Å². The predicted octanol–water partition coefficient (Wildman–Crippen LogP) is 6.75. The van der Waals surface area contributed by atoms with Crippen molar-refractivity contribution in [3.63, 3.8) is 0 Å². The van der Waals surface area contributed by atoms with E-state index in [2.05, 4.69) is 100 Å². The molecule has 0 amide bonds. The average Bonchev–Trinajstić information content (AvgIpc) is 2.62. The fourth-order valence-corrected chi connectivity index (χ4v) is 3.82. The minimum absolute atomic E-state index is 0.0934. The van der Waals surface area contributed by atoms with Crippen LogP contribution in [0.2, 0.25) is 0 Å². The Bertz CT molecular complexity index is 694. The Hall–Kier alpha value is -2.34. The van der Waals surface area contributed by atoms with Crippen LogP contribution >= 0.6 is 0 Å². The quantitative estimate of drug-likeness (QED) is 0.455. The van der Waals surface area contributed by atoms with Crippen molar-refractivity contribution in [3.8, 4) is 0 Å². The molecular weight excluding hydrogens is 300 g/mol. The van der Waals surface area contributed by atoms with Gasteiger partial charge in [0.1, 0.15) is 0 Å². The van der Waals surface area contributed by atoms with E-state index in [0.29, 0.717) is 0 Å². The van der Waals surface area contributed by atoms with E-state index in [1.807, 2.05) is 0 Å². The summed E-state index contributed by atoms with van der Waals surface area (Å²) in [4.78, 5) is 0. The zero-order valence-electron chi connectivity index (χ0n) is 15.8. The second-order valence-corrected chi connectivity index (χ2v) is 7.25. The Kier molecular flexibility index (Phi) is 5.08. The number of benzene rings is 3. The van der Waals surface area contributed by atoms with Crippen molar-refractivity contribution in [2.45, 2.75) is 46.0 Å². The highest BCUT2D eigenvalue weighted by molar-refractivity contribution is 5.51. The molecule has 0 bridgehead atoms. The van der Waals surface area contributed by atoms with E-state index < -0.39 is 0 Å². The molecule has 0 aliphatic carbocycles. The van der Waals surface area contributed by atoms with Crippen LogP contribution in [0.4, 0.5) is 0 Å². The molecule has 3 rings (SSSR count). The molecule has 25 heavy (non-hydrogen) atoms. The third-order valence-electron chi connectivity index (χ3n) is 5.26. The minimum Gasteiger partial charge on any atom is -0.0653 e. The topological polar surface area (TPSA) is 0 Å². The summed E-state index contributed by atoms with van der Waals surface area (Å²) in [6.07, 6.45) is 2.23. The Morgan fingerprint density at radius 2 is 0.800 bits per heavy atom. The zero-order chi connectivity index (χ0) is 17.9. The van der Waals surface area contributed by atoms with Gasteiger partial charge in [0.25, 0.3) is 0 Å². The summed E-state index contributed by atoms with van der Waals surface area (Å²) in [5.74, 6) is 0. The molecule has 0 atom stereocenters. The van der Waals surface area contributed by atoms with Crippen LogP contribution in [0.5, 0.6) is 0 Å². The van der Waals surface area contributed by atoms with Crippen molar-refractivity contribution in [3.05, 3.63) is 106 Å². The van der Waals surface area contributed by atoms with Crippen molar-refractivity contribution in [1.82, 2.24) is 0 Å². The lowest BCUT2D eigenvalue weighted by Gasteiger charge is -2.36. The summed E-state index contributed by atoms with van der Waals surface area (Å²) < 4.78 is 0. The summed E-state index contributed by atoms with van der Waals surface area (Å²) in [6, 6.07) is 27.3. The molecule has 0 fully saturated rings. The predicted molar refractivity (Wildman–Crippen MR) is 108 cm³/mol. The van der Waals surface area contributed by atoms with Gasteiger partial charge in [0, 0.05) is 5.41 Å². The second-order valence-electron chi connectivity index (χ2n) is 7.25. The lowest BCUT2D eigenvalue weighted by Crippen LogP contribution is -2.29. The van der Waals surface area contributed by atoms with Gasteiger partial charge in [-0.2, -0.15) is 0 Å². The van der Waals surface area contributed by atoms with E-state index in [-0.39, 0.29) is 5.41 Å². The Morgan fingerprint density at radius 3 is 1.04 bits per heavy atom. The Labute approximate surface area is 152 Å². The highest BCUT2D eigenvalue weighted by Gasteiger charge is 2.35. The molecule has 0 N–H and O–H groups in total. The first-order valence-corrected chi connectivity index (χ1v) is 9.27. The van der Waals surface area contributed by atoms with Crippen LogP contribution in [0.15, 0.2) is 72.8 Å². The molecule has 0 heteroatoms. The van der Waals surface area contributed by atoms with E-state index in [1.54, 1.807) is 0 Å². The van der Waals surface area contributed by atoms with Crippen molar-refractivity contribution in [2.75, 3.05) is 0 Å². The van der Waals surface area contributed by atoms with Crippen LogP contribution in [0, 0.1) is 20.8 Å². The molecule has 3 aromatic carbocycles. The molecule has 3 aromatic rings. The average molecular weight is 328 g/mol. The highest BCUT2D eigenvalue weighted by atomic mass is 14.4. The summed E-state index contributed by atoms with van der Waals surface area (Å²) >= 11 is 0. The van der Waals surface area contributed by atoms with Crippen LogP contribution < -0.4 is 0 Å². The number of hydrogen-bond donors (Lipinski definition) is 0. The number of aryl methyl sites for hydroxylation is 3. The van der Waals surface area contributed by atoms with Crippen LogP contribution in [0.3, 0.4) is 0 Å². The highest BCUT2D eigenvalue weighted by Crippen LogP contribution is 2.43. The van der Waals surface area contributed by atoms with Crippen LogP contribution in [-0.4, -0.2) is 0 Å². The van der Waals surface area contributed by atoms with Crippen molar-refractivity contribution < 1.29 is 0 Å². The second kappa shape index (κ2) is 7.27. The molecule has 0 saturated carbocycles. The maximum absolute atomic E-state index is 2.31. The van der Waals surface area contributed by atoms with Crippen LogP contribution in [0.25, 0.3) is 0 Å². The first-order chi connectivity index (χ1) is 12.1. The lowest BCUT2D eigenvalue weighted by molar-refractivity contribution is 0.550. The molecule has 0 saturated heterocycles. The fourth-order valence-electron chi connectivity index (χ4n) is 3.82. The maximum Gasteiger partial charge on any atom is 0.0451 e. The summed E-state index contributed by atoms with van der Waals surface area (Å²) in [7, 11) is 0. The van der Waals surface area contributed by atoms with Crippen LogP contribution in [-0.2, 0) is 5.41 Å². The zero-order valence-corrected chi connectivity index (χ0v) is 15.8. The van der Waals surface area contributed by atoms with Gasteiger partial charge in [0.2, 0.25) is 0 Å². The van der Waals surface area contributed by atoms with Gasteiger partial charge in [-0.05, 0) is 43.9 Å². The van der Waals surface area contributed by atoms with Gasteiger partial charge >= 0.3 is 0 Å². The SMILES string of the molecule is CCCC(c1ccc(C)cc1)(c1ccc(C)cc1)c1ccc(C)cc1. The maximum atomic E-state index is 2.31. The van der Waals surface area contributed by atoms with E-state index in [1.165, 1.54) is 33.4 Å². The molecule has 0 heterocycles. The monoisotopic (exact) mass is 328 g/mol. The van der Waals surface area contributed by atoms with E-state index in [0.717, 1.165) is 12.8 Å². The van der Waals surface area contributed by atoms with E-state index in [9.17, 15) is 0 Å². The van der Waals surface area contributed by atoms with E-state index in [4.69, 9.17) is 0 Å². The molecule has 0 aliphatic rings. The standard InChI is InChI=1S/C25H28/c1-5-18-25(22-12-6-19(2)7-13-22,23-14-8-20(3)9-15-23)24-16-10-21(4)11-17-24/h6-17H,5,18H2,1-4H3. The number of hydrogen-bond acceptors (Lipinski definition) is 0. The first-order valence-electron chi connectivity index (χ1n) is 9.27. The first kappa shape index (κ1) is 17.5. The summed E-state index contributed by atoms with van der Waals surface area (Å²) in [6.45, 7) is 8.75. The van der Waals surface area contributed by atoms with Crippen molar-refractivity contribution in [1.29, 1.82) is 0 Å². The fraction of sp³-hybridized carbons (Fsp3) is 0.280. The van der Waals surface area contributed by atoms with Gasteiger partial charge in [-0.3, -0.25) is 0 Å². The molecule has 128 valence electrons. The van der Waals surface area contributed by atoms with Gasteiger partial charge in [0.05, 0.1) is 0 Å². The van der Waals surface area contributed by atoms with Gasteiger partial charge in [-0.25, -0.2) is 0 Å². The smallest absolute Gasteiger partial charge is 0.0451 e. The number of rotatable bonds is 5. The van der Waals surface area contributed by atoms with Crippen molar-refractivity contribution >= 4 is 0 Å². The summed E-state index contributed by atoms with van der Waals surface area (Å²) in [5, 5.41) is 0. The normalized spacial score (nSPS) is 11.5. The van der Waals surface area contributed by atoms with Gasteiger partial charge in [-0.15, -0.1) is 0 Å². The van der Waals surface area contributed by atoms with Crippen LogP contribution in [0.1, 0.15) is 53.1 Å². The third kappa shape index (κ3) is 3.39. The third-order valence-corrected chi connectivity index (χ3v) is 5.26. The molecule has 0 nitrogen and oxygen atoms in total. The molecule has 0 spiro atoms. The molecule has 0 unspecified atom stereocenters. The van der Waals surface area contributed by atoms with Gasteiger partial charge in [0.15, 0.2) is 0 Å². The summed E-state index contributed by atoms with van der Waals surface area (Å²) in [5.41, 5.74) is 7.97. The molecule has 0 radical (unpaired) electrons. The Balaban J connectivity index is 2.28. The lowest BCUT2D eigenvalue weighted by atomic mass is 9.66. The molecular formula is C25H28. The minimum atomic E-state index is -0.0934. The molecule has 0 aromatic heterocycles. The van der Waals surface area contributed by atoms with Gasteiger partial charge in [-0.1, -0.05) is 103 Å². The Morgan fingerprint density at radius 1 is 0.520 bits per heavy atom. The largest absolute Gasteiger partial charge is 0.0653 e. The van der Waals surface area contributed by atoms with Gasteiger partial charge < -0.3 is 0 Å². The van der Waals surface area contributed by atoms with E-state index >= 15 is 0 Å².